The molecule has 0 unspecified atom stereocenters. The van der Waals surface area contributed by atoms with Gasteiger partial charge in [0.1, 0.15) is 8.24 Å². The second kappa shape index (κ2) is 24.8. The minimum Gasteiger partial charge on any atom is -0.351 e. The van der Waals surface area contributed by atoms with Crippen LogP contribution in [0.2, 0.25) is 18.1 Å². The van der Waals surface area contributed by atoms with Crippen LogP contribution in [0.25, 0.3) is 0 Å². The summed E-state index contributed by atoms with van der Waals surface area (Å²) < 4.78 is 522. The van der Waals surface area contributed by atoms with Crippen molar-refractivity contribution in [1.82, 2.24) is 0 Å². The molecule has 0 radical (unpaired) electrons. The van der Waals surface area contributed by atoms with Gasteiger partial charge in [-0.25, -0.2) is 0 Å². The fraction of sp³-hybridized carbons (Fsp3) is 1.00. The molecule has 1 nitrogen and oxygen atoms in total. The number of alkyl halides is 39. The van der Waals surface area contributed by atoms with E-state index in [9.17, 15) is 171 Å². The normalized spacial score (nSPS) is 16.1. The van der Waals surface area contributed by atoms with Gasteiger partial charge < -0.3 is 5.40 Å². The Morgan fingerprint density at radius 2 is 0.312 bits per heavy atom. The third-order valence-electron chi connectivity index (χ3n) is 12.5. The Kier molecular flexibility index (Phi) is 24.0. The lowest BCUT2D eigenvalue weighted by Gasteiger charge is -2.39. The summed E-state index contributed by atoms with van der Waals surface area (Å²) in [4.78, 5) is 0. The topological polar surface area (TPSA) is 26.0 Å². The summed E-state index contributed by atoms with van der Waals surface area (Å²) in [7, 11) is -3.37. The van der Waals surface area contributed by atoms with Gasteiger partial charge in [-0.3, -0.25) is 0 Å². The van der Waals surface area contributed by atoms with E-state index in [2.05, 4.69) is 0 Å². The van der Waals surface area contributed by atoms with E-state index in [1.165, 1.54) is 0 Å². The minimum absolute atomic E-state index is 0.156. The summed E-state index contributed by atoms with van der Waals surface area (Å²) in [6.07, 6.45) is -39.2. The molecule has 0 aliphatic heterocycles. The van der Waals surface area contributed by atoms with Crippen LogP contribution in [0.3, 0.4) is 0 Å². The highest BCUT2D eigenvalue weighted by molar-refractivity contribution is 6.76. The van der Waals surface area contributed by atoms with Crippen molar-refractivity contribution in [3.63, 3.8) is 0 Å². The highest BCUT2D eigenvalue weighted by atomic mass is 28.3. The Morgan fingerprint density at radius 3 is 0.475 bits per heavy atom. The quantitative estimate of drug-likeness (QED) is 0.0378. The number of unbranched alkanes of at least 4 members (excludes halogenated alkanes) is 12. The van der Waals surface area contributed by atoms with Crippen LogP contribution in [-0.4, -0.2) is 116 Å². The van der Waals surface area contributed by atoms with Crippen LogP contribution in [-0.2, 0) is 0 Å². The lowest BCUT2D eigenvalue weighted by atomic mass is 9.91. The first kappa shape index (κ1) is 77.4. The van der Waals surface area contributed by atoms with Crippen molar-refractivity contribution in [3.05, 3.63) is 0 Å². The number of rotatable bonds is 36. The largest absolute Gasteiger partial charge is 0.460 e. The van der Waals surface area contributed by atoms with E-state index in [0.717, 1.165) is 0 Å². The van der Waals surface area contributed by atoms with Crippen LogP contribution in [0.4, 0.5) is 171 Å². The Hall–Kier alpha value is -2.55. The van der Waals surface area contributed by atoms with Gasteiger partial charge in [0.05, 0.1) is 0 Å². The van der Waals surface area contributed by atoms with Gasteiger partial charge in [0.15, 0.2) is 0 Å². The Balaban J connectivity index is 5.95. The van der Waals surface area contributed by atoms with E-state index in [0.29, 0.717) is 0 Å². The van der Waals surface area contributed by atoms with Crippen LogP contribution >= 0.6 is 0 Å². The van der Waals surface area contributed by atoms with Gasteiger partial charge in [-0.1, -0.05) is 77.0 Å². The molecule has 0 saturated heterocycles. The molecule has 0 saturated carbocycles. The average Bonchev–Trinajstić information content (AvgIpc) is 3.25. The molecule has 0 aromatic heterocycles. The molecule has 482 valence electrons. The van der Waals surface area contributed by atoms with Crippen LogP contribution in [0.5, 0.6) is 0 Å². The van der Waals surface area contributed by atoms with E-state index < -0.39 is 193 Å². The maximum absolute atomic E-state index is 14.1. The second-order valence-electron chi connectivity index (χ2n) is 18.7. The fourth-order valence-electron chi connectivity index (χ4n) is 7.32. The number of halogens is 39. The molecular weight excluding hydrogens is 1250 g/mol. The molecule has 0 aromatic carbocycles. The summed E-state index contributed by atoms with van der Waals surface area (Å²) in [6, 6.07) is -0.467. The van der Waals surface area contributed by atoms with Gasteiger partial charge in [0, 0.05) is 19.3 Å². The maximum Gasteiger partial charge on any atom is 0.460 e. The molecule has 0 heterocycles. The molecule has 0 aliphatic rings. The van der Waals surface area contributed by atoms with Crippen LogP contribution < -0.4 is 5.40 Å². The van der Waals surface area contributed by atoms with Crippen molar-refractivity contribution >= 4 is 8.24 Å². The zero-order valence-electron chi connectivity index (χ0n) is 39.7. The molecule has 0 atom stereocenters. The van der Waals surface area contributed by atoms with Gasteiger partial charge in [0.2, 0.25) is 0 Å². The molecule has 0 spiro atoms. The smallest absolute Gasteiger partial charge is 0.351 e. The SMILES string of the molecule is N[Si](CCCCCCCC(F)(F)C(F)(F)C(F)(F)C(F)(F)C(F)(F)C(F)(F)F)(CCCCCCCC(F)(F)C(F)(F)C(F)(F)C(F)(F)C(F)(F)C(F)(F)F)CCCCCCCC(F)(F)C(F)(F)C(F)(F)C(F)(F)C(F)(F)C(F)(F)F. The average molecular weight is 1300 g/mol. The Morgan fingerprint density at radius 1 is 0.175 bits per heavy atom. The van der Waals surface area contributed by atoms with Gasteiger partial charge in [-0.05, 0) is 37.4 Å². The van der Waals surface area contributed by atoms with Gasteiger partial charge >= 0.3 is 107 Å². The van der Waals surface area contributed by atoms with Crippen molar-refractivity contribution in [2.24, 2.45) is 5.40 Å². The second-order valence-corrected chi connectivity index (χ2v) is 22.9. The van der Waals surface area contributed by atoms with Crippen molar-refractivity contribution in [1.29, 1.82) is 0 Å². The highest BCUT2D eigenvalue weighted by Gasteiger charge is 2.93. The number of hydrogen-bond acceptors (Lipinski definition) is 1. The van der Waals surface area contributed by atoms with E-state index in [1.807, 2.05) is 0 Å². The molecule has 0 rings (SSSR count). The van der Waals surface area contributed by atoms with Crippen molar-refractivity contribution < 1.29 is 171 Å². The molecule has 0 amide bonds. The predicted molar refractivity (Wildman–Crippen MR) is 200 cm³/mol. The summed E-state index contributed by atoms with van der Waals surface area (Å²) in [5.41, 5.74) is 0. The van der Waals surface area contributed by atoms with Crippen molar-refractivity contribution in [2.45, 2.75) is 241 Å². The molecule has 80 heavy (non-hydrogen) atoms. The summed E-state index contributed by atoms with van der Waals surface area (Å²) in [5.74, 6) is -114. The van der Waals surface area contributed by atoms with Crippen molar-refractivity contribution in [2.75, 3.05) is 0 Å². The standard InChI is InChI=1S/C39H44F39NSi/c40-22(41,25(46,47)28(52,53)31(58,59)34(64,65)37(70,71)72)16-10-4-1-7-13-19-80(79,20-14-8-2-5-11-17-23(42,43)26(48,49)29(54,55)32(60,61)35(66,67)38(73,74)75)21-15-9-3-6-12-18-24(44,45)27(50,51)30(56,57)33(62,63)36(68,69)39(76,77)78/h1-21,79H2. The minimum atomic E-state index is -8.15. The first-order valence-electron chi connectivity index (χ1n) is 22.5. The fourth-order valence-corrected chi connectivity index (χ4v) is 10.9. The van der Waals surface area contributed by atoms with Crippen molar-refractivity contribution in [3.8, 4) is 0 Å². The zero-order valence-corrected chi connectivity index (χ0v) is 40.7. The number of hydrogen-bond donors (Lipinski definition) is 1. The lowest BCUT2D eigenvalue weighted by Crippen LogP contribution is -2.70. The predicted octanol–water partition coefficient (Wildman–Crippen LogP) is 20.1. The molecule has 41 heteroatoms. The van der Waals surface area contributed by atoms with Gasteiger partial charge in [-0.15, -0.1) is 0 Å². The first-order valence-corrected chi connectivity index (χ1v) is 25.2. The van der Waals surface area contributed by atoms with Gasteiger partial charge in [-0.2, -0.15) is 171 Å². The molecule has 0 aliphatic carbocycles. The lowest BCUT2D eigenvalue weighted by molar-refractivity contribution is -0.440. The summed E-state index contributed by atoms with van der Waals surface area (Å²) >= 11 is 0. The monoisotopic (exact) mass is 1300 g/mol. The van der Waals surface area contributed by atoms with E-state index >= 15 is 0 Å². The summed E-state index contributed by atoms with van der Waals surface area (Å²) in [5, 5.41) is 6.46. The van der Waals surface area contributed by atoms with Crippen LogP contribution in [0, 0.1) is 0 Å². The van der Waals surface area contributed by atoms with Crippen LogP contribution in [0.15, 0.2) is 0 Å². The van der Waals surface area contributed by atoms with Crippen LogP contribution in [0.1, 0.15) is 116 Å². The maximum atomic E-state index is 14.1. The number of nitrogens with two attached hydrogens (primary N) is 1. The van der Waals surface area contributed by atoms with E-state index in [1.54, 1.807) is 0 Å². The third-order valence-corrected chi connectivity index (χ3v) is 16.5. The zero-order chi connectivity index (χ0) is 64.3. The van der Waals surface area contributed by atoms with E-state index in [-0.39, 0.29) is 56.7 Å². The Labute approximate surface area is 426 Å². The van der Waals surface area contributed by atoms with Gasteiger partial charge in [0.25, 0.3) is 0 Å². The summed E-state index contributed by atoms with van der Waals surface area (Å²) in [6.45, 7) is 0. The Bertz CT molecular complexity index is 1700. The molecular formula is C39H44F39NSi. The van der Waals surface area contributed by atoms with E-state index in [4.69, 9.17) is 5.40 Å². The highest BCUT2D eigenvalue weighted by Crippen LogP contribution is 2.64. The first-order chi connectivity index (χ1) is 34.9. The molecule has 0 aromatic rings. The molecule has 0 bridgehead atoms. The molecule has 2 N–H and O–H groups in total. The molecule has 0 fully saturated rings. The third kappa shape index (κ3) is 14.7.